The Morgan fingerprint density at radius 1 is 0.826 bits per heavy atom. The van der Waals surface area contributed by atoms with Crippen molar-refractivity contribution in [3.05, 3.63) is 54.4 Å². The molecule has 0 saturated carbocycles. The number of rotatable bonds is 2. The van der Waals surface area contributed by atoms with E-state index in [1.54, 1.807) is 0 Å². The molecule has 0 aliphatic rings. The van der Waals surface area contributed by atoms with Crippen molar-refractivity contribution in [1.29, 1.82) is 0 Å². The Kier molecular flexibility index (Phi) is 6.09. The van der Waals surface area contributed by atoms with Gasteiger partial charge in [-0.2, -0.15) is 13.2 Å². The highest BCUT2D eigenvalue weighted by Crippen LogP contribution is 2.49. The van der Waals surface area contributed by atoms with Crippen LogP contribution in [0.1, 0.15) is 11.1 Å². The summed E-state index contributed by atoms with van der Waals surface area (Å²) in [4.78, 5) is 0. The van der Waals surface area contributed by atoms with Gasteiger partial charge in [0.2, 0.25) is 0 Å². The Morgan fingerprint density at radius 3 is 1.74 bits per heavy atom. The molecule has 0 aliphatic carbocycles. The summed E-state index contributed by atoms with van der Waals surface area (Å²) in [5, 5.41) is -0.283. The van der Waals surface area contributed by atoms with E-state index >= 15 is 0 Å². The second-order valence-corrected chi connectivity index (χ2v) is 6.90. The first-order valence-corrected chi connectivity index (χ1v) is 8.88. The first-order chi connectivity index (χ1) is 10.6. The lowest BCUT2D eigenvalue weighted by atomic mass is 9.99. The van der Waals surface area contributed by atoms with E-state index in [-0.39, 0.29) is 47.1 Å². The van der Waals surface area contributed by atoms with E-state index in [0.717, 1.165) is 6.07 Å². The van der Waals surface area contributed by atoms with Crippen molar-refractivity contribution in [2.75, 3.05) is 0 Å². The van der Waals surface area contributed by atoms with Gasteiger partial charge >= 0.3 is 6.18 Å². The van der Waals surface area contributed by atoms with Crippen molar-refractivity contribution < 1.29 is 13.2 Å². The van der Waals surface area contributed by atoms with Crippen LogP contribution in [0.4, 0.5) is 13.2 Å². The molecular formula is C14H5BrCl5F3. The van der Waals surface area contributed by atoms with Crippen molar-refractivity contribution in [2.24, 2.45) is 0 Å². The number of benzene rings is 2. The summed E-state index contributed by atoms with van der Waals surface area (Å²) < 4.78 is 39.6. The number of halogens is 9. The molecule has 2 aromatic rings. The van der Waals surface area contributed by atoms with Gasteiger partial charge in [0.1, 0.15) is 0 Å². The van der Waals surface area contributed by atoms with E-state index in [2.05, 4.69) is 15.9 Å². The SMILES string of the molecule is FC(F)(F)c1cc(-c2c(Cl)c(Cl)c(Cl)c(Cl)c2Cl)ccc1CBr. The molecule has 0 N–H and O–H groups in total. The molecule has 9 heteroatoms. The molecule has 23 heavy (non-hydrogen) atoms. The number of hydrogen-bond acceptors (Lipinski definition) is 0. The van der Waals surface area contributed by atoms with Crippen LogP contribution < -0.4 is 0 Å². The first kappa shape index (κ1) is 19.5. The topological polar surface area (TPSA) is 0 Å². The summed E-state index contributed by atoms with van der Waals surface area (Å²) in [7, 11) is 0. The van der Waals surface area contributed by atoms with E-state index in [1.165, 1.54) is 12.1 Å². The van der Waals surface area contributed by atoms with Gasteiger partial charge in [-0.3, -0.25) is 0 Å². The molecule has 0 amide bonds. The molecule has 0 aromatic heterocycles. The lowest BCUT2D eigenvalue weighted by Crippen LogP contribution is -2.08. The van der Waals surface area contributed by atoms with Gasteiger partial charge in [0.15, 0.2) is 0 Å². The fraction of sp³-hybridized carbons (Fsp3) is 0.143. The van der Waals surface area contributed by atoms with Gasteiger partial charge in [0.05, 0.1) is 30.7 Å². The molecule has 0 radical (unpaired) electrons. The summed E-state index contributed by atoms with van der Waals surface area (Å²) in [6.07, 6.45) is -4.53. The summed E-state index contributed by atoms with van der Waals surface area (Å²) in [6.45, 7) is 0. The highest BCUT2D eigenvalue weighted by atomic mass is 79.9. The third kappa shape index (κ3) is 3.73. The second-order valence-electron chi connectivity index (χ2n) is 4.45. The zero-order valence-electron chi connectivity index (χ0n) is 10.8. The van der Waals surface area contributed by atoms with E-state index in [9.17, 15) is 13.2 Å². The van der Waals surface area contributed by atoms with Crippen molar-refractivity contribution in [2.45, 2.75) is 11.5 Å². The van der Waals surface area contributed by atoms with Crippen LogP contribution in [-0.2, 0) is 11.5 Å². The van der Waals surface area contributed by atoms with Crippen molar-refractivity contribution in [1.82, 2.24) is 0 Å². The Morgan fingerprint density at radius 2 is 1.30 bits per heavy atom. The van der Waals surface area contributed by atoms with Crippen molar-refractivity contribution >= 4 is 73.9 Å². The van der Waals surface area contributed by atoms with Crippen LogP contribution >= 0.6 is 73.9 Å². The van der Waals surface area contributed by atoms with Crippen LogP contribution in [-0.4, -0.2) is 0 Å². The van der Waals surface area contributed by atoms with Crippen LogP contribution in [0, 0.1) is 0 Å². The fourth-order valence-corrected chi connectivity index (χ4v) is 3.82. The molecule has 0 bridgehead atoms. The van der Waals surface area contributed by atoms with Gasteiger partial charge in [-0.05, 0) is 17.2 Å². The summed E-state index contributed by atoms with van der Waals surface area (Å²) in [6, 6.07) is 3.74. The highest BCUT2D eigenvalue weighted by Gasteiger charge is 2.34. The highest BCUT2D eigenvalue weighted by molar-refractivity contribution is 9.08. The van der Waals surface area contributed by atoms with Gasteiger partial charge in [0, 0.05) is 10.9 Å². The maximum absolute atomic E-state index is 13.2. The van der Waals surface area contributed by atoms with Crippen LogP contribution in [0.15, 0.2) is 18.2 Å². The lowest BCUT2D eigenvalue weighted by molar-refractivity contribution is -0.138. The molecule has 0 aliphatic heterocycles. The second kappa shape index (κ2) is 7.19. The third-order valence-electron chi connectivity index (χ3n) is 3.06. The fourth-order valence-electron chi connectivity index (χ4n) is 1.97. The van der Waals surface area contributed by atoms with Gasteiger partial charge in [-0.25, -0.2) is 0 Å². The molecule has 0 atom stereocenters. The molecular weight excluding hydrogens is 482 g/mol. The predicted molar refractivity (Wildman–Crippen MR) is 94.6 cm³/mol. The molecule has 0 unspecified atom stereocenters. The van der Waals surface area contributed by atoms with E-state index in [4.69, 9.17) is 58.0 Å². The Bertz CT molecular complexity index is 745. The van der Waals surface area contributed by atoms with Gasteiger partial charge < -0.3 is 0 Å². The molecule has 0 fully saturated rings. The Balaban J connectivity index is 2.79. The minimum Gasteiger partial charge on any atom is -0.166 e. The molecule has 2 rings (SSSR count). The third-order valence-corrected chi connectivity index (χ3v) is 5.94. The molecule has 0 spiro atoms. The quantitative estimate of drug-likeness (QED) is 0.226. The summed E-state index contributed by atoms with van der Waals surface area (Å²) in [5.74, 6) is 0. The zero-order valence-corrected chi connectivity index (χ0v) is 16.2. The maximum Gasteiger partial charge on any atom is 0.416 e. The molecule has 0 heterocycles. The Hall–Kier alpha value is 0.160. The van der Waals surface area contributed by atoms with Gasteiger partial charge in [-0.1, -0.05) is 86.1 Å². The number of hydrogen-bond donors (Lipinski definition) is 0. The zero-order chi connectivity index (χ0) is 17.5. The summed E-state index contributed by atoms with van der Waals surface area (Å²) >= 11 is 33.0. The van der Waals surface area contributed by atoms with Crippen LogP contribution in [0.2, 0.25) is 25.1 Å². The molecule has 124 valence electrons. The lowest BCUT2D eigenvalue weighted by Gasteiger charge is -2.16. The van der Waals surface area contributed by atoms with Crippen LogP contribution in [0.25, 0.3) is 11.1 Å². The minimum atomic E-state index is -4.53. The average molecular weight is 487 g/mol. The molecule has 2 aromatic carbocycles. The monoisotopic (exact) mass is 484 g/mol. The predicted octanol–water partition coefficient (Wildman–Crippen LogP) is 8.53. The minimum absolute atomic E-state index is 0.0473. The van der Waals surface area contributed by atoms with Crippen molar-refractivity contribution in [3.8, 4) is 11.1 Å². The van der Waals surface area contributed by atoms with Gasteiger partial charge in [0.25, 0.3) is 0 Å². The molecule has 0 nitrogen and oxygen atoms in total. The van der Waals surface area contributed by atoms with Crippen LogP contribution in [0.5, 0.6) is 0 Å². The maximum atomic E-state index is 13.2. The van der Waals surface area contributed by atoms with Crippen LogP contribution in [0.3, 0.4) is 0 Å². The first-order valence-electron chi connectivity index (χ1n) is 5.87. The summed E-state index contributed by atoms with van der Waals surface area (Å²) in [5.41, 5.74) is -0.488. The van der Waals surface area contributed by atoms with Crippen molar-refractivity contribution in [3.63, 3.8) is 0 Å². The largest absolute Gasteiger partial charge is 0.416 e. The number of alkyl halides is 4. The van der Waals surface area contributed by atoms with E-state index < -0.39 is 11.7 Å². The normalized spacial score (nSPS) is 11.9. The standard InChI is InChI=1S/C14H5BrCl5F3/c15-4-6-2-1-5(3-7(6)14(21,22)23)8-9(16)11(18)13(20)12(19)10(8)17/h1-3H,4H2. The Labute approximate surface area is 163 Å². The smallest absolute Gasteiger partial charge is 0.166 e. The van der Waals surface area contributed by atoms with E-state index in [1.807, 2.05) is 0 Å². The van der Waals surface area contributed by atoms with Gasteiger partial charge in [-0.15, -0.1) is 0 Å². The average Bonchev–Trinajstić information content (AvgIpc) is 2.50. The van der Waals surface area contributed by atoms with E-state index in [0.29, 0.717) is 0 Å². The molecule has 0 saturated heterocycles.